The second-order valence-corrected chi connectivity index (χ2v) is 4.84. The van der Waals surface area contributed by atoms with Crippen molar-refractivity contribution in [3.63, 3.8) is 0 Å². The number of hydrogen-bond donors (Lipinski definition) is 0. The van der Waals surface area contributed by atoms with Crippen LogP contribution in [0.25, 0.3) is 0 Å². The lowest BCUT2D eigenvalue weighted by Gasteiger charge is -2.08. The third kappa shape index (κ3) is 3.19. The first-order chi connectivity index (χ1) is 10.7. The van der Waals surface area contributed by atoms with Crippen LogP contribution >= 0.6 is 0 Å². The lowest BCUT2D eigenvalue weighted by atomic mass is 10.1. The second kappa shape index (κ2) is 6.47. The molecule has 0 amide bonds. The van der Waals surface area contributed by atoms with E-state index in [2.05, 4.69) is 0 Å². The van der Waals surface area contributed by atoms with E-state index >= 15 is 0 Å². The quantitative estimate of drug-likeness (QED) is 0.629. The highest BCUT2D eigenvalue weighted by molar-refractivity contribution is 5.90. The number of halogens is 1. The first-order valence-electron chi connectivity index (χ1n) is 7.04. The van der Waals surface area contributed by atoms with Crippen LogP contribution in [0.15, 0.2) is 42.5 Å². The van der Waals surface area contributed by atoms with Crippen LogP contribution in [0.4, 0.5) is 4.39 Å². The number of para-hydroxylation sites is 1. The smallest absolute Gasteiger partial charge is 0.338 e. The highest BCUT2D eigenvalue weighted by Crippen LogP contribution is 2.26. The summed E-state index contributed by atoms with van der Waals surface area (Å²) in [4.78, 5) is 11.9. The highest BCUT2D eigenvalue weighted by atomic mass is 19.1. The average molecular weight is 302 g/mol. The first kappa shape index (κ1) is 14.4. The van der Waals surface area contributed by atoms with E-state index in [-0.39, 0.29) is 19.0 Å². The van der Waals surface area contributed by atoms with E-state index < -0.39 is 11.8 Å². The molecule has 4 nitrogen and oxygen atoms in total. The summed E-state index contributed by atoms with van der Waals surface area (Å²) >= 11 is 0. The Kier molecular flexibility index (Phi) is 4.23. The van der Waals surface area contributed by atoms with Crippen molar-refractivity contribution in [1.29, 1.82) is 0 Å². The van der Waals surface area contributed by atoms with Gasteiger partial charge in [0.1, 0.15) is 19.0 Å². The standard InChI is InChI=1S/C17H15FO4/c18-14-3-1-2-4-16(14)21-9-10-22-17(19)13-5-6-15-12(11-13)7-8-20-15/h1-6,11H,7-10H2. The molecule has 0 bridgehead atoms. The Morgan fingerprint density at radius 2 is 2.05 bits per heavy atom. The fourth-order valence-electron chi connectivity index (χ4n) is 2.24. The number of ether oxygens (including phenoxy) is 3. The molecule has 0 aromatic heterocycles. The van der Waals surface area contributed by atoms with Crippen molar-refractivity contribution in [2.75, 3.05) is 19.8 Å². The normalized spacial score (nSPS) is 12.4. The molecule has 0 fully saturated rings. The van der Waals surface area contributed by atoms with Crippen molar-refractivity contribution in [2.24, 2.45) is 0 Å². The number of hydrogen-bond acceptors (Lipinski definition) is 4. The number of esters is 1. The lowest BCUT2D eigenvalue weighted by Crippen LogP contribution is -2.13. The largest absolute Gasteiger partial charge is 0.493 e. The second-order valence-electron chi connectivity index (χ2n) is 4.84. The summed E-state index contributed by atoms with van der Waals surface area (Å²) in [6.07, 6.45) is 0.798. The minimum absolute atomic E-state index is 0.0563. The van der Waals surface area contributed by atoms with Gasteiger partial charge in [0.05, 0.1) is 12.2 Å². The summed E-state index contributed by atoms with van der Waals surface area (Å²) in [5.74, 6) is 0.104. The van der Waals surface area contributed by atoms with Crippen LogP contribution in [0.2, 0.25) is 0 Å². The molecule has 22 heavy (non-hydrogen) atoms. The zero-order valence-electron chi connectivity index (χ0n) is 11.9. The van der Waals surface area contributed by atoms with Gasteiger partial charge in [0, 0.05) is 6.42 Å². The number of carbonyl (C=O) groups excluding carboxylic acids is 1. The summed E-state index contributed by atoms with van der Waals surface area (Å²) in [5, 5.41) is 0. The molecule has 0 aliphatic carbocycles. The van der Waals surface area contributed by atoms with Gasteiger partial charge >= 0.3 is 5.97 Å². The Hall–Kier alpha value is -2.56. The highest BCUT2D eigenvalue weighted by Gasteiger charge is 2.15. The van der Waals surface area contributed by atoms with Crippen molar-refractivity contribution < 1.29 is 23.4 Å². The maximum absolute atomic E-state index is 13.3. The molecule has 114 valence electrons. The summed E-state index contributed by atoms with van der Waals surface area (Å²) in [6, 6.07) is 11.3. The molecule has 0 unspecified atom stereocenters. The Morgan fingerprint density at radius 3 is 2.91 bits per heavy atom. The third-order valence-corrected chi connectivity index (χ3v) is 3.34. The molecule has 1 aliphatic heterocycles. The first-order valence-corrected chi connectivity index (χ1v) is 7.04. The molecule has 0 atom stereocenters. The van der Waals surface area contributed by atoms with Crippen LogP contribution in [0, 0.1) is 5.82 Å². The predicted octanol–water partition coefficient (Wildman–Crippen LogP) is 3.00. The molecule has 1 aliphatic rings. The van der Waals surface area contributed by atoms with Gasteiger partial charge in [-0.25, -0.2) is 9.18 Å². The van der Waals surface area contributed by atoms with Crippen molar-refractivity contribution >= 4 is 5.97 Å². The van der Waals surface area contributed by atoms with Crippen LogP contribution in [-0.2, 0) is 11.2 Å². The van der Waals surface area contributed by atoms with Gasteiger partial charge in [-0.1, -0.05) is 12.1 Å². The van der Waals surface area contributed by atoms with Crippen LogP contribution in [0.5, 0.6) is 11.5 Å². The summed E-state index contributed by atoms with van der Waals surface area (Å²) < 4.78 is 29.1. The third-order valence-electron chi connectivity index (χ3n) is 3.34. The Balaban J connectivity index is 1.49. The molecule has 0 saturated heterocycles. The molecule has 3 rings (SSSR count). The number of benzene rings is 2. The number of fused-ring (bicyclic) bond motifs is 1. The maximum atomic E-state index is 13.3. The van der Waals surface area contributed by atoms with Crippen molar-refractivity contribution in [3.05, 3.63) is 59.4 Å². The average Bonchev–Trinajstić information content (AvgIpc) is 3.00. The topological polar surface area (TPSA) is 44.8 Å². The van der Waals surface area contributed by atoms with E-state index in [9.17, 15) is 9.18 Å². The Bertz CT molecular complexity index is 684. The van der Waals surface area contributed by atoms with Crippen molar-refractivity contribution in [2.45, 2.75) is 6.42 Å². The molecular formula is C17H15FO4. The number of carbonyl (C=O) groups is 1. The van der Waals surface area contributed by atoms with Crippen LogP contribution < -0.4 is 9.47 Å². The molecule has 0 radical (unpaired) electrons. The molecule has 2 aromatic carbocycles. The van der Waals surface area contributed by atoms with Crippen LogP contribution in [-0.4, -0.2) is 25.8 Å². The summed E-state index contributed by atoms with van der Waals surface area (Å²) in [7, 11) is 0. The van der Waals surface area contributed by atoms with Gasteiger partial charge in [0.15, 0.2) is 11.6 Å². The predicted molar refractivity (Wildman–Crippen MR) is 77.8 cm³/mol. The minimum atomic E-state index is -0.438. The van der Waals surface area contributed by atoms with E-state index in [0.29, 0.717) is 12.2 Å². The van der Waals surface area contributed by atoms with Gasteiger partial charge < -0.3 is 14.2 Å². The lowest BCUT2D eigenvalue weighted by molar-refractivity contribution is 0.0448. The molecule has 5 heteroatoms. The van der Waals surface area contributed by atoms with Crippen molar-refractivity contribution in [1.82, 2.24) is 0 Å². The van der Waals surface area contributed by atoms with Crippen molar-refractivity contribution in [3.8, 4) is 11.5 Å². The van der Waals surface area contributed by atoms with E-state index in [4.69, 9.17) is 14.2 Å². The van der Waals surface area contributed by atoms with E-state index in [1.54, 1.807) is 30.3 Å². The van der Waals surface area contributed by atoms with E-state index in [1.807, 2.05) is 0 Å². The van der Waals surface area contributed by atoms with Gasteiger partial charge in [-0.2, -0.15) is 0 Å². The fraction of sp³-hybridized carbons (Fsp3) is 0.235. The number of rotatable bonds is 5. The molecule has 0 spiro atoms. The Morgan fingerprint density at radius 1 is 1.18 bits per heavy atom. The van der Waals surface area contributed by atoms with Gasteiger partial charge in [-0.3, -0.25) is 0 Å². The monoisotopic (exact) mass is 302 g/mol. The molecule has 0 saturated carbocycles. The van der Waals surface area contributed by atoms with E-state index in [0.717, 1.165) is 17.7 Å². The zero-order valence-corrected chi connectivity index (χ0v) is 11.9. The fourth-order valence-corrected chi connectivity index (χ4v) is 2.24. The van der Waals surface area contributed by atoms with Gasteiger partial charge in [-0.15, -0.1) is 0 Å². The zero-order chi connectivity index (χ0) is 15.4. The van der Waals surface area contributed by atoms with Crippen LogP contribution in [0.3, 0.4) is 0 Å². The van der Waals surface area contributed by atoms with Gasteiger partial charge in [0.25, 0.3) is 0 Å². The summed E-state index contributed by atoms with van der Waals surface area (Å²) in [6.45, 7) is 0.797. The molecule has 2 aromatic rings. The molecule has 1 heterocycles. The van der Waals surface area contributed by atoms with Gasteiger partial charge in [-0.05, 0) is 35.9 Å². The van der Waals surface area contributed by atoms with Crippen LogP contribution in [0.1, 0.15) is 15.9 Å². The summed E-state index contributed by atoms with van der Waals surface area (Å²) in [5.41, 5.74) is 1.49. The maximum Gasteiger partial charge on any atom is 0.338 e. The Labute approximate surface area is 127 Å². The molecule has 0 N–H and O–H groups in total. The minimum Gasteiger partial charge on any atom is -0.493 e. The van der Waals surface area contributed by atoms with Gasteiger partial charge in [0.2, 0.25) is 0 Å². The van der Waals surface area contributed by atoms with E-state index in [1.165, 1.54) is 12.1 Å². The molecular weight excluding hydrogens is 287 g/mol. The SMILES string of the molecule is O=C(OCCOc1ccccc1F)c1ccc2c(c1)CCO2.